The maximum absolute atomic E-state index is 11.8. The number of carbonyl (C=O) groups excluding carboxylic acids is 1. The first-order valence-electron chi connectivity index (χ1n) is 7.25. The summed E-state index contributed by atoms with van der Waals surface area (Å²) in [5.74, 6) is 2.84. The topological polar surface area (TPSA) is 95.8 Å². The minimum Gasteiger partial charge on any atom is -0.461 e. The smallest absolute Gasteiger partial charge is 0.315 e. The van der Waals surface area contributed by atoms with Gasteiger partial charge in [-0.05, 0) is 37.7 Å². The van der Waals surface area contributed by atoms with Crippen molar-refractivity contribution in [3.05, 3.63) is 24.2 Å². The minimum absolute atomic E-state index is 0.163. The number of aromatic amines is 1. The van der Waals surface area contributed by atoms with Gasteiger partial charge in [-0.15, -0.1) is 5.10 Å². The number of nitrogens with zero attached hydrogens (tertiary/aromatic N) is 2. The van der Waals surface area contributed by atoms with E-state index in [2.05, 4.69) is 32.7 Å². The lowest BCUT2D eigenvalue weighted by Crippen LogP contribution is -2.42. The summed E-state index contributed by atoms with van der Waals surface area (Å²) in [5.41, 5.74) is 0. The molecule has 22 heavy (non-hydrogen) atoms. The third kappa shape index (κ3) is 3.62. The lowest BCUT2D eigenvalue weighted by molar-refractivity contribution is 0.239. The normalized spacial score (nSPS) is 21.0. The lowest BCUT2D eigenvalue weighted by atomic mass is 10.1. The van der Waals surface area contributed by atoms with E-state index in [1.807, 2.05) is 11.8 Å². The second-order valence-electron chi connectivity index (χ2n) is 5.52. The summed E-state index contributed by atoms with van der Waals surface area (Å²) in [5, 5.41) is 12.5. The number of H-pyrrole nitrogens is 1. The van der Waals surface area contributed by atoms with Gasteiger partial charge in [0.1, 0.15) is 5.82 Å². The molecule has 8 heteroatoms. The SMILES string of the molecule is C[C@]1(CNC(=O)NCc2nc(-c3ccco3)n[nH]2)CCCS1. The molecular weight excluding hydrogens is 302 g/mol. The van der Waals surface area contributed by atoms with Gasteiger partial charge in [-0.25, -0.2) is 9.78 Å². The summed E-state index contributed by atoms with van der Waals surface area (Å²) in [6.45, 7) is 3.16. The maximum atomic E-state index is 11.8. The van der Waals surface area contributed by atoms with Gasteiger partial charge in [0.15, 0.2) is 5.76 Å². The molecular formula is C14H19N5O2S. The second kappa shape index (κ2) is 6.43. The van der Waals surface area contributed by atoms with Crippen molar-refractivity contribution in [2.45, 2.75) is 31.1 Å². The third-order valence-electron chi connectivity index (χ3n) is 3.61. The molecule has 0 bridgehead atoms. The van der Waals surface area contributed by atoms with Gasteiger partial charge in [0.25, 0.3) is 0 Å². The van der Waals surface area contributed by atoms with Crippen LogP contribution in [0.3, 0.4) is 0 Å². The monoisotopic (exact) mass is 321 g/mol. The van der Waals surface area contributed by atoms with Gasteiger partial charge in [-0.1, -0.05) is 0 Å². The van der Waals surface area contributed by atoms with E-state index in [1.165, 1.54) is 12.2 Å². The average Bonchev–Trinajstić information content (AvgIpc) is 3.24. The number of carbonyl (C=O) groups is 1. The Bertz CT molecular complexity index is 619. The predicted molar refractivity (Wildman–Crippen MR) is 84.4 cm³/mol. The predicted octanol–water partition coefficient (Wildman–Crippen LogP) is 2.15. The lowest BCUT2D eigenvalue weighted by Gasteiger charge is -2.22. The Morgan fingerprint density at radius 2 is 2.45 bits per heavy atom. The highest BCUT2D eigenvalue weighted by Gasteiger charge is 2.29. The van der Waals surface area contributed by atoms with Crippen molar-refractivity contribution in [2.24, 2.45) is 0 Å². The largest absolute Gasteiger partial charge is 0.461 e. The van der Waals surface area contributed by atoms with E-state index in [1.54, 1.807) is 18.4 Å². The van der Waals surface area contributed by atoms with Crippen molar-refractivity contribution in [1.29, 1.82) is 0 Å². The van der Waals surface area contributed by atoms with E-state index in [0.717, 1.165) is 6.42 Å². The van der Waals surface area contributed by atoms with E-state index in [0.29, 0.717) is 30.5 Å². The molecule has 1 aliphatic rings. The molecule has 118 valence electrons. The van der Waals surface area contributed by atoms with Crippen molar-refractivity contribution in [3.8, 4) is 11.6 Å². The number of nitrogens with one attached hydrogen (secondary N) is 3. The first kappa shape index (κ1) is 15.0. The van der Waals surface area contributed by atoms with Crippen molar-refractivity contribution < 1.29 is 9.21 Å². The minimum atomic E-state index is -0.190. The van der Waals surface area contributed by atoms with Gasteiger partial charge >= 0.3 is 6.03 Å². The fourth-order valence-electron chi connectivity index (χ4n) is 2.36. The molecule has 2 aromatic rings. The highest BCUT2D eigenvalue weighted by Crippen LogP contribution is 2.36. The number of thioether (sulfide) groups is 1. The summed E-state index contributed by atoms with van der Waals surface area (Å²) in [6.07, 6.45) is 3.93. The zero-order chi connectivity index (χ0) is 15.4. The Hall–Kier alpha value is -1.96. The fraction of sp³-hybridized carbons (Fsp3) is 0.500. The number of hydrogen-bond acceptors (Lipinski definition) is 5. The molecule has 1 saturated heterocycles. The van der Waals surface area contributed by atoms with Gasteiger partial charge in [-0.2, -0.15) is 11.8 Å². The summed E-state index contributed by atoms with van der Waals surface area (Å²) in [6, 6.07) is 3.37. The van der Waals surface area contributed by atoms with Crippen molar-refractivity contribution >= 4 is 17.8 Å². The standard InChI is InChI=1S/C14H19N5O2S/c1-14(5-3-7-22-14)9-16-13(20)15-8-11-17-12(19-18-11)10-4-2-6-21-10/h2,4,6H,3,5,7-9H2,1H3,(H2,15,16,20)(H,17,18,19)/t14-/m1/s1. The van der Waals surface area contributed by atoms with Crippen molar-refractivity contribution in [1.82, 2.24) is 25.8 Å². The molecule has 0 unspecified atom stereocenters. The molecule has 1 fully saturated rings. The molecule has 0 aliphatic carbocycles. The summed E-state index contributed by atoms with van der Waals surface area (Å²) >= 11 is 1.92. The Morgan fingerprint density at radius 3 is 3.18 bits per heavy atom. The van der Waals surface area contributed by atoms with E-state index < -0.39 is 0 Å². The Balaban J connectivity index is 1.45. The first-order valence-corrected chi connectivity index (χ1v) is 8.24. The molecule has 0 spiro atoms. The van der Waals surface area contributed by atoms with E-state index >= 15 is 0 Å². The van der Waals surface area contributed by atoms with Crippen LogP contribution in [0.2, 0.25) is 0 Å². The van der Waals surface area contributed by atoms with Crippen LogP contribution in [-0.2, 0) is 6.54 Å². The molecule has 3 heterocycles. The maximum Gasteiger partial charge on any atom is 0.315 e. The van der Waals surface area contributed by atoms with Crippen LogP contribution in [-0.4, -0.2) is 38.3 Å². The zero-order valence-electron chi connectivity index (χ0n) is 12.4. The van der Waals surface area contributed by atoms with Gasteiger partial charge in [0.2, 0.25) is 5.82 Å². The van der Waals surface area contributed by atoms with Crippen LogP contribution in [0.25, 0.3) is 11.6 Å². The summed E-state index contributed by atoms with van der Waals surface area (Å²) in [4.78, 5) is 16.1. The van der Waals surface area contributed by atoms with E-state index in [-0.39, 0.29) is 10.8 Å². The Morgan fingerprint density at radius 1 is 1.55 bits per heavy atom. The zero-order valence-corrected chi connectivity index (χ0v) is 13.2. The summed E-state index contributed by atoms with van der Waals surface area (Å²) in [7, 11) is 0. The molecule has 3 N–H and O–H groups in total. The molecule has 0 radical (unpaired) electrons. The number of aromatic nitrogens is 3. The molecule has 0 aromatic carbocycles. The van der Waals surface area contributed by atoms with Crippen LogP contribution >= 0.6 is 11.8 Å². The van der Waals surface area contributed by atoms with Crippen LogP contribution < -0.4 is 10.6 Å². The van der Waals surface area contributed by atoms with Crippen LogP contribution in [0.1, 0.15) is 25.6 Å². The van der Waals surface area contributed by atoms with Gasteiger partial charge in [0, 0.05) is 11.3 Å². The number of furan rings is 1. The number of rotatable bonds is 5. The number of hydrogen-bond donors (Lipinski definition) is 3. The van der Waals surface area contributed by atoms with Crippen LogP contribution in [0.5, 0.6) is 0 Å². The van der Waals surface area contributed by atoms with Crippen LogP contribution in [0.15, 0.2) is 22.8 Å². The molecule has 3 rings (SSSR count). The van der Waals surface area contributed by atoms with Crippen molar-refractivity contribution in [2.75, 3.05) is 12.3 Å². The molecule has 2 aromatic heterocycles. The second-order valence-corrected chi connectivity index (χ2v) is 7.20. The third-order valence-corrected chi connectivity index (χ3v) is 5.15. The van der Waals surface area contributed by atoms with Crippen molar-refractivity contribution in [3.63, 3.8) is 0 Å². The quantitative estimate of drug-likeness (QED) is 0.784. The fourth-order valence-corrected chi connectivity index (χ4v) is 3.60. The van der Waals surface area contributed by atoms with E-state index in [9.17, 15) is 4.79 Å². The first-order chi connectivity index (χ1) is 10.6. The summed E-state index contributed by atoms with van der Waals surface area (Å²) < 4.78 is 5.38. The molecule has 0 saturated carbocycles. The Labute approximate surface area is 132 Å². The number of amides is 2. The van der Waals surface area contributed by atoms with Gasteiger partial charge in [-0.3, -0.25) is 5.10 Å². The van der Waals surface area contributed by atoms with Gasteiger partial charge in [0.05, 0.1) is 12.8 Å². The van der Waals surface area contributed by atoms with Gasteiger partial charge < -0.3 is 15.1 Å². The highest BCUT2D eigenvalue weighted by molar-refractivity contribution is 8.00. The number of urea groups is 1. The van der Waals surface area contributed by atoms with Crippen LogP contribution in [0, 0.1) is 0 Å². The molecule has 1 atom stereocenters. The highest BCUT2D eigenvalue weighted by atomic mass is 32.2. The Kier molecular flexibility index (Phi) is 4.37. The molecule has 1 aliphatic heterocycles. The average molecular weight is 321 g/mol. The van der Waals surface area contributed by atoms with E-state index in [4.69, 9.17) is 4.42 Å². The molecule has 7 nitrogen and oxygen atoms in total. The van der Waals surface area contributed by atoms with Crippen LogP contribution in [0.4, 0.5) is 4.79 Å². The molecule has 2 amide bonds.